The highest BCUT2D eigenvalue weighted by atomic mass is 16.5. The van der Waals surface area contributed by atoms with Crippen LogP contribution in [-0.2, 0) is 9.53 Å². The van der Waals surface area contributed by atoms with Gasteiger partial charge in [-0.15, -0.1) is 0 Å². The van der Waals surface area contributed by atoms with Crippen molar-refractivity contribution in [3.05, 3.63) is 0 Å². The molecule has 0 amide bonds. The fraction of sp³-hybridized carbons (Fsp3) is 0.944. The summed E-state index contributed by atoms with van der Waals surface area (Å²) >= 11 is 0. The summed E-state index contributed by atoms with van der Waals surface area (Å²) in [6, 6.07) is 0. The van der Waals surface area contributed by atoms with E-state index in [-0.39, 0.29) is 12.1 Å². The summed E-state index contributed by atoms with van der Waals surface area (Å²) in [6.45, 7) is 11.7. The Bertz CT molecular complexity index is 334. The summed E-state index contributed by atoms with van der Waals surface area (Å²) in [6.07, 6.45) is 6.10. The minimum atomic E-state index is -0.00527. The largest absolute Gasteiger partial charge is 0.461 e. The van der Waals surface area contributed by atoms with Crippen molar-refractivity contribution in [3.8, 4) is 0 Å². The van der Waals surface area contributed by atoms with Gasteiger partial charge in [-0.2, -0.15) is 0 Å². The first-order chi connectivity index (χ1) is 9.95. The molecule has 3 heteroatoms. The summed E-state index contributed by atoms with van der Waals surface area (Å²) in [5.74, 6) is 2.64. The first-order valence-corrected chi connectivity index (χ1v) is 8.87. The average Bonchev–Trinajstić information content (AvgIpc) is 2.41. The van der Waals surface area contributed by atoms with E-state index in [0.29, 0.717) is 24.3 Å². The van der Waals surface area contributed by atoms with Crippen LogP contribution in [0.3, 0.4) is 0 Å². The number of hydrogen-bond acceptors (Lipinski definition) is 3. The highest BCUT2D eigenvalue weighted by Crippen LogP contribution is 2.35. The summed E-state index contributed by atoms with van der Waals surface area (Å²) < 4.78 is 5.88. The molecule has 3 atom stereocenters. The van der Waals surface area contributed by atoms with Gasteiger partial charge in [-0.3, -0.25) is 9.69 Å². The standard InChI is InChI=1S/C18H33NO2/c1-13(2)16-6-5-15(4)11-17(16)21-18(20)12-19-9-7-14(3)8-10-19/h13-17H,5-12H2,1-4H3/t15-,16-,17+/m1/s1. The number of rotatable bonds is 4. The molecule has 1 saturated heterocycles. The summed E-state index contributed by atoms with van der Waals surface area (Å²) in [4.78, 5) is 14.5. The van der Waals surface area contributed by atoms with Crippen LogP contribution in [0.5, 0.6) is 0 Å². The number of ether oxygens (including phenoxy) is 1. The SMILES string of the molecule is CC1CCN(CC(=O)O[C@H]2C[C@H](C)CC[C@@H]2C(C)C)CC1. The molecule has 0 N–H and O–H groups in total. The molecule has 0 spiro atoms. The number of esters is 1. The molecular weight excluding hydrogens is 262 g/mol. The maximum absolute atomic E-state index is 12.3. The zero-order valence-corrected chi connectivity index (χ0v) is 14.3. The molecule has 0 aromatic heterocycles. The van der Waals surface area contributed by atoms with Gasteiger partial charge in [0.25, 0.3) is 0 Å². The van der Waals surface area contributed by atoms with Crippen LogP contribution < -0.4 is 0 Å². The van der Waals surface area contributed by atoms with E-state index in [1.54, 1.807) is 0 Å². The first-order valence-electron chi connectivity index (χ1n) is 8.87. The zero-order chi connectivity index (χ0) is 15.4. The van der Waals surface area contributed by atoms with Crippen molar-refractivity contribution < 1.29 is 9.53 Å². The van der Waals surface area contributed by atoms with Gasteiger partial charge in [0.2, 0.25) is 0 Å². The van der Waals surface area contributed by atoms with Crippen molar-refractivity contribution in [1.29, 1.82) is 0 Å². The second-order valence-electron chi connectivity index (χ2n) is 7.81. The number of nitrogens with zero attached hydrogens (tertiary/aromatic N) is 1. The molecule has 122 valence electrons. The predicted molar refractivity (Wildman–Crippen MR) is 86.1 cm³/mol. The third-order valence-corrected chi connectivity index (χ3v) is 5.47. The smallest absolute Gasteiger partial charge is 0.320 e. The van der Waals surface area contributed by atoms with Crippen LogP contribution in [0.4, 0.5) is 0 Å². The number of piperidine rings is 1. The lowest BCUT2D eigenvalue weighted by Gasteiger charge is -2.37. The van der Waals surface area contributed by atoms with Crippen LogP contribution in [0.1, 0.15) is 59.8 Å². The summed E-state index contributed by atoms with van der Waals surface area (Å²) in [7, 11) is 0. The highest BCUT2D eigenvalue weighted by Gasteiger charge is 2.33. The predicted octanol–water partition coefficient (Wildman–Crippen LogP) is 3.72. The molecule has 0 aromatic carbocycles. The van der Waals surface area contributed by atoms with E-state index in [9.17, 15) is 4.79 Å². The van der Waals surface area contributed by atoms with Crippen LogP contribution in [0.15, 0.2) is 0 Å². The molecular formula is C18H33NO2. The number of likely N-dealkylation sites (tertiary alicyclic amines) is 1. The van der Waals surface area contributed by atoms with Crippen molar-refractivity contribution in [2.24, 2.45) is 23.7 Å². The number of hydrogen-bond donors (Lipinski definition) is 0. The first kappa shape index (κ1) is 16.8. The van der Waals surface area contributed by atoms with Crippen molar-refractivity contribution in [3.63, 3.8) is 0 Å². The van der Waals surface area contributed by atoms with Gasteiger partial charge in [0, 0.05) is 0 Å². The Morgan fingerprint density at radius 3 is 2.38 bits per heavy atom. The Hall–Kier alpha value is -0.570. The second kappa shape index (κ2) is 7.62. The van der Waals surface area contributed by atoms with Gasteiger partial charge in [0.15, 0.2) is 0 Å². The fourth-order valence-corrected chi connectivity index (χ4v) is 3.86. The molecule has 2 fully saturated rings. The van der Waals surface area contributed by atoms with E-state index >= 15 is 0 Å². The van der Waals surface area contributed by atoms with Gasteiger partial charge in [0.1, 0.15) is 6.10 Å². The van der Waals surface area contributed by atoms with Crippen molar-refractivity contribution >= 4 is 5.97 Å². The monoisotopic (exact) mass is 295 g/mol. The van der Waals surface area contributed by atoms with E-state index in [1.165, 1.54) is 25.7 Å². The molecule has 0 aromatic rings. The average molecular weight is 295 g/mol. The Labute approximate surface area is 130 Å². The lowest BCUT2D eigenvalue weighted by molar-refractivity contribution is -0.157. The van der Waals surface area contributed by atoms with E-state index in [1.807, 2.05) is 0 Å². The lowest BCUT2D eigenvalue weighted by atomic mass is 9.75. The molecule has 0 radical (unpaired) electrons. The van der Waals surface area contributed by atoms with Gasteiger partial charge in [-0.1, -0.05) is 34.1 Å². The molecule has 0 bridgehead atoms. The second-order valence-corrected chi connectivity index (χ2v) is 7.81. The highest BCUT2D eigenvalue weighted by molar-refractivity contribution is 5.71. The quantitative estimate of drug-likeness (QED) is 0.740. The minimum Gasteiger partial charge on any atom is -0.461 e. The van der Waals surface area contributed by atoms with Crippen molar-refractivity contribution in [2.45, 2.75) is 65.9 Å². The molecule has 2 rings (SSSR count). The third kappa shape index (κ3) is 4.98. The fourth-order valence-electron chi connectivity index (χ4n) is 3.86. The van der Waals surface area contributed by atoms with Crippen LogP contribution >= 0.6 is 0 Å². The summed E-state index contributed by atoms with van der Waals surface area (Å²) in [5, 5.41) is 0. The van der Waals surface area contributed by atoms with Crippen LogP contribution in [0, 0.1) is 23.7 Å². The van der Waals surface area contributed by atoms with E-state index in [2.05, 4.69) is 32.6 Å². The Morgan fingerprint density at radius 1 is 1.10 bits per heavy atom. The van der Waals surface area contributed by atoms with Gasteiger partial charge >= 0.3 is 5.97 Å². The van der Waals surface area contributed by atoms with Crippen LogP contribution in [-0.4, -0.2) is 36.6 Å². The van der Waals surface area contributed by atoms with Crippen molar-refractivity contribution in [1.82, 2.24) is 4.90 Å². The Balaban J connectivity index is 1.82. The molecule has 1 aliphatic heterocycles. The van der Waals surface area contributed by atoms with E-state index in [4.69, 9.17) is 4.74 Å². The minimum absolute atomic E-state index is 0.00527. The van der Waals surface area contributed by atoms with Gasteiger partial charge < -0.3 is 4.74 Å². The lowest BCUT2D eigenvalue weighted by Crippen LogP contribution is -2.41. The molecule has 0 unspecified atom stereocenters. The molecule has 21 heavy (non-hydrogen) atoms. The zero-order valence-electron chi connectivity index (χ0n) is 14.3. The normalized spacial score (nSPS) is 32.3. The molecule has 1 aliphatic carbocycles. The molecule has 3 nitrogen and oxygen atoms in total. The number of carbonyl (C=O) groups excluding carboxylic acids is 1. The Kier molecular flexibility index (Phi) is 6.09. The summed E-state index contributed by atoms with van der Waals surface area (Å²) in [5.41, 5.74) is 0. The molecule has 1 saturated carbocycles. The third-order valence-electron chi connectivity index (χ3n) is 5.47. The molecule has 2 aliphatic rings. The van der Waals surface area contributed by atoms with E-state index < -0.39 is 0 Å². The van der Waals surface area contributed by atoms with Crippen LogP contribution in [0.25, 0.3) is 0 Å². The van der Waals surface area contributed by atoms with Gasteiger partial charge in [-0.05, 0) is 62.4 Å². The van der Waals surface area contributed by atoms with Gasteiger partial charge in [-0.25, -0.2) is 0 Å². The Morgan fingerprint density at radius 2 is 1.76 bits per heavy atom. The van der Waals surface area contributed by atoms with E-state index in [0.717, 1.165) is 25.4 Å². The topological polar surface area (TPSA) is 29.5 Å². The van der Waals surface area contributed by atoms with Crippen LogP contribution in [0.2, 0.25) is 0 Å². The van der Waals surface area contributed by atoms with Crippen molar-refractivity contribution in [2.75, 3.05) is 19.6 Å². The number of carbonyl (C=O) groups is 1. The maximum atomic E-state index is 12.3. The molecule has 1 heterocycles. The van der Waals surface area contributed by atoms with Gasteiger partial charge in [0.05, 0.1) is 6.54 Å². The maximum Gasteiger partial charge on any atom is 0.320 e.